The second-order valence-corrected chi connectivity index (χ2v) is 7.55. The Labute approximate surface area is 187 Å². The molecule has 32 heavy (non-hydrogen) atoms. The molecular formula is C24H28N4O4. The SMILES string of the molecule is CC(C)[C@H](N)C(=O)Nc1ccc(C#Cc2ccc(C(=O)N[C@@H](CN)C(=O)CO)cc2)cc1. The molecule has 0 heterocycles. The van der Waals surface area contributed by atoms with Gasteiger partial charge in [0.2, 0.25) is 5.91 Å². The fourth-order valence-corrected chi connectivity index (χ4v) is 2.64. The third-order valence-electron chi connectivity index (χ3n) is 4.76. The van der Waals surface area contributed by atoms with Crippen molar-refractivity contribution < 1.29 is 19.5 Å². The van der Waals surface area contributed by atoms with Crippen LogP contribution >= 0.6 is 0 Å². The summed E-state index contributed by atoms with van der Waals surface area (Å²) in [6.45, 7) is 2.99. The first-order valence-electron chi connectivity index (χ1n) is 10.2. The van der Waals surface area contributed by atoms with Crippen molar-refractivity contribution in [3.63, 3.8) is 0 Å². The second-order valence-electron chi connectivity index (χ2n) is 7.55. The molecule has 2 aromatic carbocycles. The highest BCUT2D eigenvalue weighted by Crippen LogP contribution is 2.11. The van der Waals surface area contributed by atoms with Crippen molar-refractivity contribution in [2.75, 3.05) is 18.5 Å². The van der Waals surface area contributed by atoms with Gasteiger partial charge in [0, 0.05) is 28.9 Å². The Hall–Kier alpha value is -3.51. The predicted molar refractivity (Wildman–Crippen MR) is 123 cm³/mol. The van der Waals surface area contributed by atoms with Crippen LogP contribution in [0.25, 0.3) is 0 Å². The van der Waals surface area contributed by atoms with Crippen LogP contribution < -0.4 is 22.1 Å². The number of hydrogen-bond acceptors (Lipinski definition) is 6. The Kier molecular flexibility index (Phi) is 9.10. The van der Waals surface area contributed by atoms with Gasteiger partial charge in [-0.1, -0.05) is 25.7 Å². The van der Waals surface area contributed by atoms with E-state index < -0.39 is 30.4 Å². The molecule has 0 saturated carbocycles. The van der Waals surface area contributed by atoms with Crippen LogP contribution in [0.5, 0.6) is 0 Å². The van der Waals surface area contributed by atoms with Gasteiger partial charge in [0.15, 0.2) is 5.78 Å². The number of hydrogen-bond donors (Lipinski definition) is 5. The zero-order valence-corrected chi connectivity index (χ0v) is 18.1. The lowest BCUT2D eigenvalue weighted by molar-refractivity contribution is -0.123. The van der Waals surface area contributed by atoms with E-state index in [2.05, 4.69) is 22.5 Å². The summed E-state index contributed by atoms with van der Waals surface area (Å²) in [4.78, 5) is 35.8. The molecule has 0 spiro atoms. The molecule has 0 saturated heterocycles. The highest BCUT2D eigenvalue weighted by atomic mass is 16.3. The number of aliphatic hydroxyl groups excluding tert-OH is 1. The summed E-state index contributed by atoms with van der Waals surface area (Å²) < 4.78 is 0. The van der Waals surface area contributed by atoms with Crippen LogP contribution in [0.15, 0.2) is 48.5 Å². The minimum absolute atomic E-state index is 0.0442. The molecule has 2 aromatic rings. The van der Waals surface area contributed by atoms with Gasteiger partial charge in [-0.25, -0.2) is 0 Å². The molecule has 7 N–H and O–H groups in total. The summed E-state index contributed by atoms with van der Waals surface area (Å²) in [6, 6.07) is 12.1. The number of carbonyl (C=O) groups excluding carboxylic acids is 3. The van der Waals surface area contributed by atoms with Crippen molar-refractivity contribution in [3.05, 3.63) is 65.2 Å². The molecule has 2 rings (SSSR count). The van der Waals surface area contributed by atoms with E-state index in [0.29, 0.717) is 16.8 Å². The number of nitrogens with two attached hydrogens (primary N) is 2. The van der Waals surface area contributed by atoms with Gasteiger partial charge in [-0.3, -0.25) is 14.4 Å². The first-order chi connectivity index (χ1) is 15.2. The number of aliphatic hydroxyl groups is 1. The molecule has 0 bridgehead atoms. The number of amides is 2. The molecule has 0 fully saturated rings. The highest BCUT2D eigenvalue weighted by Gasteiger charge is 2.19. The van der Waals surface area contributed by atoms with Crippen molar-refractivity contribution in [2.24, 2.45) is 17.4 Å². The second kappa shape index (κ2) is 11.8. The van der Waals surface area contributed by atoms with Crippen molar-refractivity contribution >= 4 is 23.3 Å². The Morgan fingerprint density at radius 1 is 0.969 bits per heavy atom. The maximum atomic E-state index is 12.2. The lowest BCUT2D eigenvalue weighted by Crippen LogP contribution is -2.46. The quantitative estimate of drug-likeness (QED) is 0.383. The number of Topliss-reactive ketones (excluding diaryl/α,β-unsaturated/α-hetero) is 1. The average Bonchev–Trinajstić information content (AvgIpc) is 2.81. The monoisotopic (exact) mass is 436 g/mol. The lowest BCUT2D eigenvalue weighted by Gasteiger charge is -2.15. The summed E-state index contributed by atoms with van der Waals surface area (Å²) >= 11 is 0. The summed E-state index contributed by atoms with van der Waals surface area (Å²) in [5, 5.41) is 14.2. The molecule has 0 radical (unpaired) electrons. The van der Waals surface area contributed by atoms with Crippen LogP contribution in [0.4, 0.5) is 5.69 Å². The van der Waals surface area contributed by atoms with Gasteiger partial charge >= 0.3 is 0 Å². The van der Waals surface area contributed by atoms with Crippen LogP contribution in [0.2, 0.25) is 0 Å². The smallest absolute Gasteiger partial charge is 0.251 e. The fraction of sp³-hybridized carbons (Fsp3) is 0.292. The van der Waals surface area contributed by atoms with E-state index in [1.54, 1.807) is 48.5 Å². The van der Waals surface area contributed by atoms with Crippen LogP contribution in [0, 0.1) is 17.8 Å². The van der Waals surface area contributed by atoms with Crippen LogP contribution in [-0.2, 0) is 9.59 Å². The molecule has 0 aliphatic rings. The first kappa shape index (κ1) is 24.8. The molecule has 168 valence electrons. The highest BCUT2D eigenvalue weighted by molar-refractivity contribution is 5.98. The minimum Gasteiger partial charge on any atom is -0.388 e. The van der Waals surface area contributed by atoms with Crippen LogP contribution in [-0.4, -0.2) is 47.9 Å². The normalized spacial score (nSPS) is 12.3. The van der Waals surface area contributed by atoms with E-state index in [1.807, 2.05) is 13.8 Å². The van der Waals surface area contributed by atoms with E-state index in [9.17, 15) is 14.4 Å². The van der Waals surface area contributed by atoms with Crippen LogP contribution in [0.1, 0.15) is 35.3 Å². The maximum absolute atomic E-state index is 12.2. The number of ketones is 1. The van der Waals surface area contributed by atoms with Crippen molar-refractivity contribution in [1.29, 1.82) is 0 Å². The molecule has 0 aromatic heterocycles. The Bertz CT molecular complexity index is 1010. The maximum Gasteiger partial charge on any atom is 0.251 e. The molecule has 2 atom stereocenters. The zero-order valence-electron chi connectivity index (χ0n) is 18.1. The van der Waals surface area contributed by atoms with Gasteiger partial charge in [0.05, 0.1) is 6.04 Å². The topological polar surface area (TPSA) is 148 Å². The number of anilines is 1. The van der Waals surface area contributed by atoms with E-state index in [1.165, 1.54) is 0 Å². The molecule has 0 aliphatic carbocycles. The Morgan fingerprint density at radius 3 is 1.97 bits per heavy atom. The number of carbonyl (C=O) groups is 3. The molecule has 2 amide bonds. The fourth-order valence-electron chi connectivity index (χ4n) is 2.64. The van der Waals surface area contributed by atoms with Crippen LogP contribution in [0.3, 0.4) is 0 Å². The van der Waals surface area contributed by atoms with E-state index in [4.69, 9.17) is 16.6 Å². The molecular weight excluding hydrogens is 408 g/mol. The molecule has 8 heteroatoms. The van der Waals surface area contributed by atoms with Crippen molar-refractivity contribution in [1.82, 2.24) is 5.32 Å². The van der Waals surface area contributed by atoms with Gasteiger partial charge in [0.1, 0.15) is 12.6 Å². The molecule has 0 unspecified atom stereocenters. The first-order valence-corrected chi connectivity index (χ1v) is 10.2. The third-order valence-corrected chi connectivity index (χ3v) is 4.76. The van der Waals surface area contributed by atoms with E-state index in [0.717, 1.165) is 5.56 Å². The molecule has 8 nitrogen and oxygen atoms in total. The number of benzene rings is 2. The molecule has 0 aliphatic heterocycles. The van der Waals surface area contributed by atoms with E-state index in [-0.39, 0.29) is 18.4 Å². The predicted octanol–water partition coefficient (Wildman–Crippen LogP) is 0.627. The third kappa shape index (κ3) is 7.03. The van der Waals surface area contributed by atoms with Crippen molar-refractivity contribution in [2.45, 2.75) is 25.9 Å². The summed E-state index contributed by atoms with van der Waals surface area (Å²) in [7, 11) is 0. The zero-order chi connectivity index (χ0) is 23.7. The number of rotatable bonds is 8. The minimum atomic E-state index is -0.930. The lowest BCUT2D eigenvalue weighted by atomic mass is 10.0. The standard InChI is InChI=1S/C24H28N4O4/c1-15(2)22(26)24(32)27-19-11-7-17(8-12-19)4-3-16-5-9-18(10-6-16)23(31)28-20(13-25)21(30)14-29/h5-12,15,20,22,29H,13-14,25-26H2,1-2H3,(H,27,32)(H,28,31)/t20-,22-/m0/s1. The van der Waals surface area contributed by atoms with Crippen molar-refractivity contribution in [3.8, 4) is 11.8 Å². The Morgan fingerprint density at radius 2 is 1.50 bits per heavy atom. The van der Waals surface area contributed by atoms with Gasteiger partial charge < -0.3 is 27.2 Å². The number of nitrogens with one attached hydrogen (secondary N) is 2. The van der Waals surface area contributed by atoms with Gasteiger partial charge in [-0.2, -0.15) is 0 Å². The summed E-state index contributed by atoms with van der Waals surface area (Å²) in [5.41, 5.74) is 13.7. The average molecular weight is 437 g/mol. The largest absolute Gasteiger partial charge is 0.388 e. The van der Waals surface area contributed by atoms with Gasteiger partial charge in [-0.15, -0.1) is 0 Å². The summed E-state index contributed by atoms with van der Waals surface area (Å²) in [5.74, 6) is 4.82. The Balaban J connectivity index is 2.00. The van der Waals surface area contributed by atoms with Gasteiger partial charge in [0.25, 0.3) is 5.91 Å². The van der Waals surface area contributed by atoms with E-state index >= 15 is 0 Å². The summed E-state index contributed by atoms with van der Waals surface area (Å²) in [6.07, 6.45) is 0. The van der Waals surface area contributed by atoms with Gasteiger partial charge in [-0.05, 0) is 54.4 Å².